The summed E-state index contributed by atoms with van der Waals surface area (Å²) in [5.41, 5.74) is 0. The summed E-state index contributed by atoms with van der Waals surface area (Å²) in [7, 11) is -3.70. The van der Waals surface area contributed by atoms with E-state index >= 15 is 0 Å². The average Bonchev–Trinajstić information content (AvgIpc) is 2.35. The van der Waals surface area contributed by atoms with E-state index in [2.05, 4.69) is 4.72 Å². The Kier molecular flexibility index (Phi) is 5.76. The Balaban J connectivity index is 2.81. The molecule has 1 heterocycles. The van der Waals surface area contributed by atoms with Crippen molar-refractivity contribution in [3.8, 4) is 0 Å². The van der Waals surface area contributed by atoms with Gasteiger partial charge in [-0.25, -0.2) is 4.72 Å². The number of carboxylic acid groups (broad SMARTS) is 1. The van der Waals surface area contributed by atoms with E-state index in [-0.39, 0.29) is 18.4 Å². The number of carboxylic acids is 1. The zero-order valence-corrected chi connectivity index (χ0v) is 12.6. The number of aliphatic carboxylic acids is 1. The topological polar surface area (TPSA) is 86.7 Å². The van der Waals surface area contributed by atoms with Gasteiger partial charge < -0.3 is 5.11 Å². The number of piperidine rings is 1. The highest BCUT2D eigenvalue weighted by Gasteiger charge is 2.39. The molecule has 0 aliphatic carbocycles. The van der Waals surface area contributed by atoms with Crippen molar-refractivity contribution in [1.82, 2.24) is 9.03 Å². The molecule has 2 unspecified atom stereocenters. The van der Waals surface area contributed by atoms with Crippen LogP contribution in [0, 0.1) is 11.8 Å². The van der Waals surface area contributed by atoms with Crippen LogP contribution in [0.2, 0.25) is 0 Å². The van der Waals surface area contributed by atoms with E-state index in [0.717, 1.165) is 17.1 Å². The molecule has 0 spiro atoms. The Morgan fingerprint density at radius 3 is 2.58 bits per heavy atom. The molecule has 1 saturated heterocycles. The van der Waals surface area contributed by atoms with Gasteiger partial charge in [0.15, 0.2) is 0 Å². The molecule has 0 aromatic carbocycles. The average molecular weight is 292 g/mol. The fourth-order valence-corrected chi connectivity index (χ4v) is 3.82. The molecule has 2 atom stereocenters. The molecule has 0 bridgehead atoms. The van der Waals surface area contributed by atoms with Gasteiger partial charge in [0.1, 0.15) is 6.04 Å². The van der Waals surface area contributed by atoms with E-state index in [0.29, 0.717) is 13.0 Å². The number of nitrogens with zero attached hydrogens (tertiary/aromatic N) is 1. The van der Waals surface area contributed by atoms with E-state index < -0.39 is 22.2 Å². The lowest BCUT2D eigenvalue weighted by atomic mass is 9.90. The highest BCUT2D eigenvalue weighted by molar-refractivity contribution is 7.87. The van der Waals surface area contributed by atoms with Gasteiger partial charge in [-0.05, 0) is 24.7 Å². The first-order valence-electron chi connectivity index (χ1n) is 6.77. The number of hydrogen-bond acceptors (Lipinski definition) is 3. The van der Waals surface area contributed by atoms with Crippen LogP contribution < -0.4 is 4.72 Å². The minimum absolute atomic E-state index is 0.186. The summed E-state index contributed by atoms with van der Waals surface area (Å²) in [4.78, 5) is 11.3. The zero-order chi connectivity index (χ0) is 14.6. The van der Waals surface area contributed by atoms with Crippen LogP contribution in [0.25, 0.3) is 0 Å². The minimum atomic E-state index is -3.70. The Morgan fingerprint density at radius 2 is 2.11 bits per heavy atom. The van der Waals surface area contributed by atoms with Gasteiger partial charge in [-0.1, -0.05) is 27.2 Å². The zero-order valence-electron chi connectivity index (χ0n) is 11.8. The van der Waals surface area contributed by atoms with E-state index in [1.807, 2.05) is 20.8 Å². The smallest absolute Gasteiger partial charge is 0.322 e. The van der Waals surface area contributed by atoms with E-state index in [1.165, 1.54) is 0 Å². The van der Waals surface area contributed by atoms with Crippen LogP contribution >= 0.6 is 0 Å². The number of nitrogens with one attached hydrogen (secondary N) is 1. The molecule has 0 radical (unpaired) electrons. The predicted octanol–water partition coefficient (Wildman–Crippen LogP) is 1.05. The van der Waals surface area contributed by atoms with Gasteiger partial charge in [0.2, 0.25) is 0 Å². The van der Waals surface area contributed by atoms with Crippen molar-refractivity contribution in [2.75, 3.05) is 13.1 Å². The first-order chi connectivity index (χ1) is 8.77. The second-order valence-corrected chi connectivity index (χ2v) is 7.22. The molecule has 2 N–H and O–H groups in total. The molecule has 0 aromatic rings. The van der Waals surface area contributed by atoms with Gasteiger partial charge in [0, 0.05) is 13.1 Å². The standard InChI is InChI=1S/C12H24N2O4S/c1-4-10-5-6-14(11(7-10)12(15)16)19(17,18)13-8-9(2)3/h9-11,13H,4-8H2,1-3H3,(H,15,16). The number of hydrogen-bond donors (Lipinski definition) is 2. The number of rotatable bonds is 6. The van der Waals surface area contributed by atoms with Crippen molar-refractivity contribution in [3.05, 3.63) is 0 Å². The fourth-order valence-electron chi connectivity index (χ4n) is 2.25. The van der Waals surface area contributed by atoms with E-state index in [9.17, 15) is 18.3 Å². The monoisotopic (exact) mass is 292 g/mol. The summed E-state index contributed by atoms with van der Waals surface area (Å²) < 4.78 is 27.9. The molecular formula is C12H24N2O4S. The third kappa shape index (κ3) is 4.43. The summed E-state index contributed by atoms with van der Waals surface area (Å²) >= 11 is 0. The molecule has 1 aliphatic rings. The van der Waals surface area contributed by atoms with Crippen molar-refractivity contribution in [3.63, 3.8) is 0 Å². The Hall–Kier alpha value is -0.660. The minimum Gasteiger partial charge on any atom is -0.480 e. The lowest BCUT2D eigenvalue weighted by molar-refractivity contribution is -0.143. The highest BCUT2D eigenvalue weighted by atomic mass is 32.2. The van der Waals surface area contributed by atoms with E-state index in [4.69, 9.17) is 0 Å². The van der Waals surface area contributed by atoms with Gasteiger partial charge in [-0.15, -0.1) is 0 Å². The summed E-state index contributed by atoms with van der Waals surface area (Å²) in [6.45, 7) is 6.41. The van der Waals surface area contributed by atoms with Gasteiger partial charge >= 0.3 is 5.97 Å². The van der Waals surface area contributed by atoms with Gasteiger partial charge in [-0.2, -0.15) is 12.7 Å². The van der Waals surface area contributed by atoms with Crippen LogP contribution in [0.1, 0.15) is 40.0 Å². The maximum absolute atomic E-state index is 12.2. The largest absolute Gasteiger partial charge is 0.480 e. The maximum atomic E-state index is 12.2. The molecule has 0 saturated carbocycles. The lowest BCUT2D eigenvalue weighted by Crippen LogP contribution is -2.54. The van der Waals surface area contributed by atoms with Gasteiger partial charge in [0.05, 0.1) is 0 Å². The quantitative estimate of drug-likeness (QED) is 0.766. The van der Waals surface area contributed by atoms with Crippen LogP contribution in [-0.4, -0.2) is 42.9 Å². The van der Waals surface area contributed by atoms with Crippen molar-refractivity contribution >= 4 is 16.2 Å². The molecule has 112 valence electrons. The molecule has 0 aromatic heterocycles. The first-order valence-corrected chi connectivity index (χ1v) is 8.21. The third-order valence-electron chi connectivity index (χ3n) is 3.51. The van der Waals surface area contributed by atoms with E-state index in [1.54, 1.807) is 0 Å². The fraction of sp³-hybridized carbons (Fsp3) is 0.917. The second-order valence-electron chi connectivity index (χ2n) is 5.51. The number of carbonyl (C=O) groups is 1. The Labute approximate surface area is 115 Å². The van der Waals surface area contributed by atoms with Crippen LogP contribution in [0.15, 0.2) is 0 Å². The van der Waals surface area contributed by atoms with Crippen LogP contribution in [0.3, 0.4) is 0 Å². The van der Waals surface area contributed by atoms with Crippen LogP contribution in [0.4, 0.5) is 0 Å². The SMILES string of the molecule is CCC1CCN(S(=O)(=O)NCC(C)C)C(C(=O)O)C1. The summed E-state index contributed by atoms with van der Waals surface area (Å²) in [5.74, 6) is -0.586. The second kappa shape index (κ2) is 6.67. The molecule has 0 amide bonds. The first kappa shape index (κ1) is 16.4. The van der Waals surface area contributed by atoms with Crippen molar-refractivity contribution in [2.45, 2.75) is 46.1 Å². The molecule has 6 nitrogen and oxygen atoms in total. The summed E-state index contributed by atoms with van der Waals surface area (Å²) in [5, 5.41) is 9.23. The van der Waals surface area contributed by atoms with Crippen LogP contribution in [-0.2, 0) is 15.0 Å². The maximum Gasteiger partial charge on any atom is 0.322 e. The summed E-state index contributed by atoms with van der Waals surface area (Å²) in [6.07, 6.45) is 2.01. The lowest BCUT2D eigenvalue weighted by Gasteiger charge is -2.35. The van der Waals surface area contributed by atoms with Gasteiger partial charge in [0.25, 0.3) is 10.2 Å². The molecule has 1 rings (SSSR count). The van der Waals surface area contributed by atoms with Crippen molar-refractivity contribution < 1.29 is 18.3 Å². The Morgan fingerprint density at radius 1 is 1.47 bits per heavy atom. The third-order valence-corrected chi connectivity index (χ3v) is 5.09. The Bertz CT molecular complexity index is 408. The molecular weight excluding hydrogens is 268 g/mol. The molecule has 1 aliphatic heterocycles. The highest BCUT2D eigenvalue weighted by Crippen LogP contribution is 2.27. The van der Waals surface area contributed by atoms with Crippen LogP contribution in [0.5, 0.6) is 0 Å². The molecule has 19 heavy (non-hydrogen) atoms. The van der Waals surface area contributed by atoms with Crippen molar-refractivity contribution in [1.29, 1.82) is 0 Å². The summed E-state index contributed by atoms with van der Waals surface area (Å²) in [6, 6.07) is -0.941. The predicted molar refractivity (Wildman–Crippen MR) is 72.9 cm³/mol. The van der Waals surface area contributed by atoms with Gasteiger partial charge in [-0.3, -0.25) is 4.79 Å². The molecule has 7 heteroatoms. The molecule has 1 fully saturated rings. The van der Waals surface area contributed by atoms with Crippen molar-refractivity contribution in [2.24, 2.45) is 11.8 Å². The normalized spacial score (nSPS) is 25.7.